The van der Waals surface area contributed by atoms with Crippen LogP contribution in [0, 0.1) is 5.41 Å². The van der Waals surface area contributed by atoms with Gasteiger partial charge in [0.25, 0.3) is 0 Å². The molecule has 0 radical (unpaired) electrons. The SMILES string of the molecule is Nc1ccc(CCCN2CCC3(CCCCC3)CC2)cc1. The molecule has 2 heteroatoms. The molecule has 1 saturated carbocycles. The molecule has 0 atom stereocenters. The van der Waals surface area contributed by atoms with Gasteiger partial charge in [-0.3, -0.25) is 0 Å². The first-order valence-corrected chi connectivity index (χ1v) is 8.83. The van der Waals surface area contributed by atoms with E-state index in [1.54, 1.807) is 0 Å². The molecule has 2 nitrogen and oxygen atoms in total. The summed E-state index contributed by atoms with van der Waals surface area (Å²) in [5.74, 6) is 0. The standard InChI is InChI=1S/C19H30N2/c20-18-8-6-17(7-9-18)5-4-14-21-15-12-19(13-16-21)10-2-1-3-11-19/h6-9H,1-5,10-16,20H2. The fraction of sp³-hybridized carbons (Fsp3) is 0.684. The number of benzene rings is 1. The van der Waals surface area contributed by atoms with Crippen LogP contribution in [0.1, 0.15) is 56.9 Å². The van der Waals surface area contributed by atoms with Gasteiger partial charge in [-0.15, -0.1) is 0 Å². The number of likely N-dealkylation sites (tertiary alicyclic amines) is 1. The zero-order valence-electron chi connectivity index (χ0n) is 13.3. The highest BCUT2D eigenvalue weighted by Gasteiger charge is 2.35. The van der Waals surface area contributed by atoms with Gasteiger partial charge in [-0.2, -0.15) is 0 Å². The second-order valence-corrected chi connectivity index (χ2v) is 7.25. The van der Waals surface area contributed by atoms with Crippen molar-refractivity contribution < 1.29 is 0 Å². The molecule has 2 aliphatic rings. The molecular formula is C19H30N2. The summed E-state index contributed by atoms with van der Waals surface area (Å²) in [5, 5.41) is 0. The highest BCUT2D eigenvalue weighted by Crippen LogP contribution is 2.44. The Hall–Kier alpha value is -1.02. The van der Waals surface area contributed by atoms with Crippen LogP contribution < -0.4 is 5.73 Å². The van der Waals surface area contributed by atoms with E-state index in [0.717, 1.165) is 11.1 Å². The van der Waals surface area contributed by atoms with Crippen LogP contribution in [-0.2, 0) is 6.42 Å². The quantitative estimate of drug-likeness (QED) is 0.839. The maximum Gasteiger partial charge on any atom is 0.0314 e. The lowest BCUT2D eigenvalue weighted by Gasteiger charge is -2.44. The summed E-state index contributed by atoms with van der Waals surface area (Å²) in [6.07, 6.45) is 12.8. The van der Waals surface area contributed by atoms with Crippen molar-refractivity contribution in [3.05, 3.63) is 29.8 Å². The van der Waals surface area contributed by atoms with E-state index in [-0.39, 0.29) is 0 Å². The summed E-state index contributed by atoms with van der Waals surface area (Å²) in [5.41, 5.74) is 8.76. The largest absolute Gasteiger partial charge is 0.399 e. The maximum absolute atomic E-state index is 5.73. The van der Waals surface area contributed by atoms with Crippen LogP contribution in [0.5, 0.6) is 0 Å². The molecule has 116 valence electrons. The fourth-order valence-electron chi connectivity index (χ4n) is 4.24. The van der Waals surface area contributed by atoms with Crippen LogP contribution in [0.3, 0.4) is 0 Å². The Morgan fingerprint density at radius 3 is 2.24 bits per heavy atom. The summed E-state index contributed by atoms with van der Waals surface area (Å²) in [6.45, 7) is 3.93. The van der Waals surface area contributed by atoms with E-state index in [4.69, 9.17) is 5.73 Å². The highest BCUT2D eigenvalue weighted by molar-refractivity contribution is 5.39. The zero-order chi connectivity index (χ0) is 14.5. The molecule has 1 aromatic carbocycles. The molecule has 2 N–H and O–H groups in total. The lowest BCUT2D eigenvalue weighted by Crippen LogP contribution is -2.41. The smallest absolute Gasteiger partial charge is 0.0314 e. The van der Waals surface area contributed by atoms with Gasteiger partial charge in [-0.25, -0.2) is 0 Å². The van der Waals surface area contributed by atoms with Gasteiger partial charge in [0, 0.05) is 5.69 Å². The first kappa shape index (κ1) is 14.9. The van der Waals surface area contributed by atoms with Crippen molar-refractivity contribution in [2.45, 2.75) is 57.8 Å². The minimum absolute atomic E-state index is 0.742. The highest BCUT2D eigenvalue weighted by atomic mass is 15.1. The van der Waals surface area contributed by atoms with Crippen molar-refractivity contribution in [3.8, 4) is 0 Å². The second kappa shape index (κ2) is 6.83. The van der Waals surface area contributed by atoms with Crippen LogP contribution in [-0.4, -0.2) is 24.5 Å². The van der Waals surface area contributed by atoms with Gasteiger partial charge in [0.15, 0.2) is 0 Å². The number of aryl methyl sites for hydroxylation is 1. The molecular weight excluding hydrogens is 256 g/mol. The van der Waals surface area contributed by atoms with Crippen LogP contribution >= 0.6 is 0 Å². The van der Waals surface area contributed by atoms with Crippen LogP contribution in [0.4, 0.5) is 5.69 Å². The van der Waals surface area contributed by atoms with E-state index in [2.05, 4.69) is 17.0 Å². The Labute approximate surface area is 129 Å². The minimum Gasteiger partial charge on any atom is -0.399 e. The molecule has 0 bridgehead atoms. The third kappa shape index (κ3) is 4.00. The lowest BCUT2D eigenvalue weighted by atomic mass is 9.68. The molecule has 1 spiro atoms. The molecule has 21 heavy (non-hydrogen) atoms. The Balaban J connectivity index is 1.38. The number of nitrogens with two attached hydrogens (primary N) is 1. The fourth-order valence-corrected chi connectivity index (χ4v) is 4.24. The van der Waals surface area contributed by atoms with E-state index in [1.165, 1.54) is 83.0 Å². The molecule has 2 fully saturated rings. The number of anilines is 1. The van der Waals surface area contributed by atoms with E-state index in [0.29, 0.717) is 0 Å². The number of nitrogen functional groups attached to an aromatic ring is 1. The van der Waals surface area contributed by atoms with E-state index in [1.807, 2.05) is 12.1 Å². The Morgan fingerprint density at radius 1 is 0.905 bits per heavy atom. The van der Waals surface area contributed by atoms with Crippen molar-refractivity contribution in [1.29, 1.82) is 0 Å². The predicted octanol–water partition coefficient (Wildman–Crippen LogP) is 4.25. The van der Waals surface area contributed by atoms with Gasteiger partial charge in [0.2, 0.25) is 0 Å². The third-order valence-corrected chi connectivity index (χ3v) is 5.75. The molecule has 0 aromatic heterocycles. The van der Waals surface area contributed by atoms with E-state index in [9.17, 15) is 0 Å². The Kier molecular flexibility index (Phi) is 4.84. The first-order chi connectivity index (χ1) is 10.3. The number of rotatable bonds is 4. The third-order valence-electron chi connectivity index (χ3n) is 5.75. The minimum atomic E-state index is 0.742. The lowest BCUT2D eigenvalue weighted by molar-refractivity contribution is 0.0674. The summed E-state index contributed by atoms with van der Waals surface area (Å²) >= 11 is 0. The summed E-state index contributed by atoms with van der Waals surface area (Å²) in [6, 6.07) is 8.37. The Morgan fingerprint density at radius 2 is 1.57 bits per heavy atom. The molecule has 1 heterocycles. The molecule has 1 saturated heterocycles. The average Bonchev–Trinajstić information content (AvgIpc) is 2.52. The number of piperidine rings is 1. The van der Waals surface area contributed by atoms with Gasteiger partial charge in [-0.1, -0.05) is 31.4 Å². The topological polar surface area (TPSA) is 29.3 Å². The van der Waals surface area contributed by atoms with Crippen molar-refractivity contribution in [1.82, 2.24) is 4.90 Å². The van der Waals surface area contributed by atoms with Gasteiger partial charge < -0.3 is 10.6 Å². The van der Waals surface area contributed by atoms with Gasteiger partial charge in [0.1, 0.15) is 0 Å². The molecule has 0 amide bonds. The van der Waals surface area contributed by atoms with Crippen molar-refractivity contribution >= 4 is 5.69 Å². The Bertz CT molecular complexity index is 421. The first-order valence-electron chi connectivity index (χ1n) is 8.83. The van der Waals surface area contributed by atoms with Crippen molar-refractivity contribution in [2.24, 2.45) is 5.41 Å². The van der Waals surface area contributed by atoms with E-state index >= 15 is 0 Å². The van der Waals surface area contributed by atoms with Gasteiger partial charge in [0.05, 0.1) is 0 Å². The number of nitrogens with zero attached hydrogens (tertiary/aromatic N) is 1. The van der Waals surface area contributed by atoms with Crippen LogP contribution in [0.25, 0.3) is 0 Å². The van der Waals surface area contributed by atoms with Crippen LogP contribution in [0.2, 0.25) is 0 Å². The van der Waals surface area contributed by atoms with Crippen molar-refractivity contribution in [3.63, 3.8) is 0 Å². The summed E-state index contributed by atoms with van der Waals surface area (Å²) in [4.78, 5) is 2.69. The molecule has 0 unspecified atom stereocenters. The summed E-state index contributed by atoms with van der Waals surface area (Å²) in [7, 11) is 0. The predicted molar refractivity (Wildman–Crippen MR) is 90.4 cm³/mol. The van der Waals surface area contributed by atoms with E-state index < -0.39 is 0 Å². The molecule has 1 aliphatic carbocycles. The molecule has 3 rings (SSSR count). The van der Waals surface area contributed by atoms with Gasteiger partial charge >= 0.3 is 0 Å². The molecule has 1 aliphatic heterocycles. The number of hydrogen-bond acceptors (Lipinski definition) is 2. The maximum atomic E-state index is 5.73. The normalized spacial score (nSPS) is 22.5. The zero-order valence-corrected chi connectivity index (χ0v) is 13.3. The summed E-state index contributed by atoms with van der Waals surface area (Å²) < 4.78 is 0. The monoisotopic (exact) mass is 286 g/mol. The van der Waals surface area contributed by atoms with Crippen LogP contribution in [0.15, 0.2) is 24.3 Å². The second-order valence-electron chi connectivity index (χ2n) is 7.25. The molecule has 1 aromatic rings. The van der Waals surface area contributed by atoms with Gasteiger partial charge in [-0.05, 0) is 81.3 Å². The van der Waals surface area contributed by atoms with Crippen molar-refractivity contribution in [2.75, 3.05) is 25.4 Å². The number of hydrogen-bond donors (Lipinski definition) is 1. The average molecular weight is 286 g/mol.